The number of rotatable bonds is 4. The van der Waals surface area contributed by atoms with Crippen molar-refractivity contribution in [3.05, 3.63) is 23.4 Å². The van der Waals surface area contributed by atoms with E-state index in [1.54, 1.807) is 13.1 Å². The zero-order valence-corrected chi connectivity index (χ0v) is 9.99. The quantitative estimate of drug-likeness (QED) is 0.824. The molecule has 0 fully saturated rings. The van der Waals surface area contributed by atoms with Crippen LogP contribution in [-0.2, 0) is 0 Å². The lowest BCUT2D eigenvalue weighted by molar-refractivity contribution is 0.198. The largest absolute Gasteiger partial charge is 0.389 e. The molecule has 3 heteroatoms. The van der Waals surface area contributed by atoms with Crippen LogP contribution in [0, 0.1) is 6.92 Å². The van der Waals surface area contributed by atoms with Crippen molar-refractivity contribution in [1.82, 2.24) is 4.98 Å². The van der Waals surface area contributed by atoms with Crippen LogP contribution >= 0.6 is 0 Å². The summed E-state index contributed by atoms with van der Waals surface area (Å²) in [7, 11) is 0. The zero-order valence-electron chi connectivity index (χ0n) is 9.99. The second-order valence-electron chi connectivity index (χ2n) is 3.75. The molecule has 0 unspecified atom stereocenters. The maximum atomic E-state index is 9.49. The van der Waals surface area contributed by atoms with E-state index in [1.807, 2.05) is 13.0 Å². The van der Waals surface area contributed by atoms with Crippen LogP contribution in [0.5, 0.6) is 0 Å². The predicted molar refractivity (Wildman–Crippen MR) is 63.2 cm³/mol. The van der Waals surface area contributed by atoms with Crippen molar-refractivity contribution in [2.24, 2.45) is 0 Å². The van der Waals surface area contributed by atoms with Crippen LogP contribution < -0.4 is 4.90 Å². The molecule has 0 saturated heterocycles. The first-order chi connectivity index (χ1) is 7.10. The molecular weight excluding hydrogens is 188 g/mol. The van der Waals surface area contributed by atoms with Crippen molar-refractivity contribution >= 4 is 5.82 Å². The highest BCUT2D eigenvalue weighted by Crippen LogP contribution is 2.20. The first kappa shape index (κ1) is 12.0. The first-order valence-corrected chi connectivity index (χ1v) is 5.49. The Morgan fingerprint density at radius 3 is 2.40 bits per heavy atom. The van der Waals surface area contributed by atoms with Crippen molar-refractivity contribution < 1.29 is 5.11 Å². The molecule has 0 bridgehead atoms. The number of aliphatic hydroxyl groups is 1. The van der Waals surface area contributed by atoms with Gasteiger partial charge in [0.1, 0.15) is 5.82 Å². The Morgan fingerprint density at radius 1 is 1.40 bits per heavy atom. The number of aromatic nitrogens is 1. The van der Waals surface area contributed by atoms with E-state index >= 15 is 0 Å². The van der Waals surface area contributed by atoms with Gasteiger partial charge < -0.3 is 10.0 Å². The van der Waals surface area contributed by atoms with E-state index in [0.29, 0.717) is 0 Å². The summed E-state index contributed by atoms with van der Waals surface area (Å²) in [5, 5.41) is 9.49. The minimum Gasteiger partial charge on any atom is -0.389 e. The lowest BCUT2D eigenvalue weighted by Crippen LogP contribution is -2.23. The topological polar surface area (TPSA) is 36.4 Å². The average Bonchev–Trinajstić information content (AvgIpc) is 2.19. The molecule has 1 atom stereocenters. The summed E-state index contributed by atoms with van der Waals surface area (Å²) in [6.45, 7) is 9.91. The minimum absolute atomic E-state index is 0.441. The minimum atomic E-state index is -0.441. The maximum absolute atomic E-state index is 9.49. The molecule has 1 aromatic rings. The standard InChI is InChI=1S/C12H20N2O/c1-5-14(6-2)12-7-9(3)11(8-13-12)10(4)15/h7-8,10,15H,5-6H2,1-4H3/t10-/m1/s1. The molecule has 1 N–H and O–H groups in total. The van der Waals surface area contributed by atoms with E-state index < -0.39 is 6.10 Å². The third-order valence-corrected chi connectivity index (χ3v) is 2.67. The third-order valence-electron chi connectivity index (χ3n) is 2.67. The van der Waals surface area contributed by atoms with E-state index in [4.69, 9.17) is 0 Å². The third kappa shape index (κ3) is 2.69. The molecule has 3 nitrogen and oxygen atoms in total. The van der Waals surface area contributed by atoms with Gasteiger partial charge in [0.2, 0.25) is 0 Å². The van der Waals surface area contributed by atoms with Gasteiger partial charge in [-0.15, -0.1) is 0 Å². The summed E-state index contributed by atoms with van der Waals surface area (Å²) < 4.78 is 0. The molecule has 0 radical (unpaired) electrons. The number of pyridine rings is 1. The molecule has 1 aromatic heterocycles. The lowest BCUT2D eigenvalue weighted by Gasteiger charge is -2.21. The fraction of sp³-hybridized carbons (Fsp3) is 0.583. The maximum Gasteiger partial charge on any atom is 0.128 e. The first-order valence-electron chi connectivity index (χ1n) is 5.49. The van der Waals surface area contributed by atoms with Gasteiger partial charge in [0.15, 0.2) is 0 Å². The number of aliphatic hydroxyl groups excluding tert-OH is 1. The molecule has 0 saturated carbocycles. The number of hydrogen-bond donors (Lipinski definition) is 1. The van der Waals surface area contributed by atoms with Gasteiger partial charge >= 0.3 is 0 Å². The molecule has 1 heterocycles. The molecule has 0 aliphatic carbocycles. The van der Waals surface area contributed by atoms with Crippen LogP contribution in [0.15, 0.2) is 12.3 Å². The van der Waals surface area contributed by atoms with Gasteiger partial charge in [-0.05, 0) is 39.3 Å². The predicted octanol–water partition coefficient (Wildman–Crippen LogP) is 2.29. The SMILES string of the molecule is CCN(CC)c1cc(C)c([C@@H](C)O)cn1. The van der Waals surface area contributed by atoms with Gasteiger partial charge in [-0.2, -0.15) is 0 Å². The van der Waals surface area contributed by atoms with Gasteiger partial charge in [-0.25, -0.2) is 4.98 Å². The van der Waals surface area contributed by atoms with Gasteiger partial charge in [0, 0.05) is 24.8 Å². The lowest BCUT2D eigenvalue weighted by atomic mass is 10.1. The highest BCUT2D eigenvalue weighted by Gasteiger charge is 2.09. The highest BCUT2D eigenvalue weighted by atomic mass is 16.3. The fourth-order valence-corrected chi connectivity index (χ4v) is 1.71. The van der Waals surface area contributed by atoms with Crippen molar-refractivity contribution in [1.29, 1.82) is 0 Å². The second-order valence-corrected chi connectivity index (χ2v) is 3.75. The van der Waals surface area contributed by atoms with Crippen LogP contribution in [-0.4, -0.2) is 23.2 Å². The van der Waals surface area contributed by atoms with E-state index in [9.17, 15) is 5.11 Å². The molecular formula is C12H20N2O. The number of aryl methyl sites for hydroxylation is 1. The normalized spacial score (nSPS) is 12.6. The van der Waals surface area contributed by atoms with E-state index in [0.717, 1.165) is 30.0 Å². The van der Waals surface area contributed by atoms with E-state index in [2.05, 4.69) is 23.7 Å². The van der Waals surface area contributed by atoms with Crippen molar-refractivity contribution in [2.45, 2.75) is 33.8 Å². The molecule has 1 rings (SSSR count). The Morgan fingerprint density at radius 2 is 2.00 bits per heavy atom. The zero-order chi connectivity index (χ0) is 11.4. The summed E-state index contributed by atoms with van der Waals surface area (Å²) in [6, 6.07) is 2.04. The van der Waals surface area contributed by atoms with Crippen LogP contribution in [0.3, 0.4) is 0 Å². The Kier molecular flexibility index (Phi) is 4.09. The summed E-state index contributed by atoms with van der Waals surface area (Å²) in [6.07, 6.45) is 1.33. The Bertz CT molecular complexity index is 319. The smallest absolute Gasteiger partial charge is 0.128 e. The molecule has 0 spiro atoms. The monoisotopic (exact) mass is 208 g/mol. The average molecular weight is 208 g/mol. The van der Waals surface area contributed by atoms with E-state index in [-0.39, 0.29) is 0 Å². The van der Waals surface area contributed by atoms with E-state index in [1.165, 1.54) is 0 Å². The second kappa shape index (κ2) is 5.12. The molecule has 15 heavy (non-hydrogen) atoms. The number of hydrogen-bond acceptors (Lipinski definition) is 3. The molecule has 0 aliphatic heterocycles. The summed E-state index contributed by atoms with van der Waals surface area (Å²) in [5.41, 5.74) is 2.01. The fourth-order valence-electron chi connectivity index (χ4n) is 1.71. The highest BCUT2D eigenvalue weighted by molar-refractivity contribution is 5.43. The summed E-state index contributed by atoms with van der Waals surface area (Å²) >= 11 is 0. The van der Waals surface area contributed by atoms with Crippen LogP contribution in [0.2, 0.25) is 0 Å². The van der Waals surface area contributed by atoms with Gasteiger partial charge in [-0.1, -0.05) is 0 Å². The van der Waals surface area contributed by atoms with Crippen molar-refractivity contribution in [3.8, 4) is 0 Å². The Balaban J connectivity index is 3.00. The summed E-state index contributed by atoms with van der Waals surface area (Å²) in [4.78, 5) is 6.56. The summed E-state index contributed by atoms with van der Waals surface area (Å²) in [5.74, 6) is 0.988. The van der Waals surface area contributed by atoms with Crippen molar-refractivity contribution in [3.63, 3.8) is 0 Å². The van der Waals surface area contributed by atoms with Crippen LogP contribution in [0.4, 0.5) is 5.82 Å². The van der Waals surface area contributed by atoms with Crippen molar-refractivity contribution in [2.75, 3.05) is 18.0 Å². The Hall–Kier alpha value is -1.09. The van der Waals surface area contributed by atoms with Crippen LogP contribution in [0.1, 0.15) is 38.0 Å². The number of nitrogens with zero attached hydrogens (tertiary/aromatic N) is 2. The number of anilines is 1. The molecule has 84 valence electrons. The Labute approximate surface area is 91.8 Å². The molecule has 0 amide bonds. The molecule has 0 aliphatic rings. The molecule has 0 aromatic carbocycles. The van der Waals surface area contributed by atoms with Crippen LogP contribution in [0.25, 0.3) is 0 Å². The van der Waals surface area contributed by atoms with Gasteiger partial charge in [0.25, 0.3) is 0 Å². The van der Waals surface area contributed by atoms with Gasteiger partial charge in [-0.3, -0.25) is 0 Å². The van der Waals surface area contributed by atoms with Gasteiger partial charge in [0.05, 0.1) is 6.10 Å².